The SMILES string of the molecule is COc1ccc(F)c(NC(=O)Cn2ncc3ccccc32)c1. The van der Waals surface area contributed by atoms with Gasteiger partial charge >= 0.3 is 0 Å². The van der Waals surface area contributed by atoms with Gasteiger partial charge in [0.25, 0.3) is 0 Å². The summed E-state index contributed by atoms with van der Waals surface area (Å²) in [6.45, 7) is 0.00413. The van der Waals surface area contributed by atoms with Crippen LogP contribution in [0, 0.1) is 5.82 Å². The van der Waals surface area contributed by atoms with E-state index in [9.17, 15) is 9.18 Å². The summed E-state index contributed by atoms with van der Waals surface area (Å²) in [5, 5.41) is 7.65. The Kier molecular flexibility index (Phi) is 3.74. The van der Waals surface area contributed by atoms with Gasteiger partial charge in [-0.05, 0) is 18.2 Å². The van der Waals surface area contributed by atoms with Crippen LogP contribution in [-0.4, -0.2) is 22.8 Å². The summed E-state index contributed by atoms with van der Waals surface area (Å²) in [6, 6.07) is 11.7. The molecule has 1 aromatic heterocycles. The van der Waals surface area contributed by atoms with Gasteiger partial charge in [0.15, 0.2) is 0 Å². The minimum absolute atomic E-state index is 0.00413. The average Bonchev–Trinajstić information content (AvgIpc) is 2.93. The van der Waals surface area contributed by atoms with Gasteiger partial charge in [0.2, 0.25) is 5.91 Å². The molecule has 0 aliphatic rings. The fourth-order valence-corrected chi connectivity index (χ4v) is 2.20. The number of benzene rings is 2. The summed E-state index contributed by atoms with van der Waals surface area (Å²) in [4.78, 5) is 12.1. The Labute approximate surface area is 126 Å². The van der Waals surface area contributed by atoms with Gasteiger partial charge in [-0.2, -0.15) is 5.10 Å². The topological polar surface area (TPSA) is 56.1 Å². The summed E-state index contributed by atoms with van der Waals surface area (Å²) in [6.07, 6.45) is 1.69. The van der Waals surface area contributed by atoms with Gasteiger partial charge in [-0.1, -0.05) is 18.2 Å². The molecule has 3 aromatic rings. The molecule has 0 aliphatic heterocycles. The number of hydrogen-bond acceptors (Lipinski definition) is 3. The van der Waals surface area contributed by atoms with E-state index in [1.54, 1.807) is 10.9 Å². The quantitative estimate of drug-likeness (QED) is 0.806. The molecule has 5 nitrogen and oxygen atoms in total. The number of anilines is 1. The molecule has 0 spiro atoms. The Morgan fingerprint density at radius 3 is 2.95 bits per heavy atom. The fourth-order valence-electron chi connectivity index (χ4n) is 2.20. The van der Waals surface area contributed by atoms with Crippen LogP contribution in [0.15, 0.2) is 48.7 Å². The van der Waals surface area contributed by atoms with Crippen LogP contribution in [0.1, 0.15) is 0 Å². The third kappa shape index (κ3) is 2.76. The minimum Gasteiger partial charge on any atom is -0.497 e. The Morgan fingerprint density at radius 2 is 2.14 bits per heavy atom. The molecular weight excluding hydrogens is 285 g/mol. The van der Waals surface area contributed by atoms with Crippen LogP contribution in [0.25, 0.3) is 10.9 Å². The second kappa shape index (κ2) is 5.85. The second-order valence-electron chi connectivity index (χ2n) is 4.75. The molecular formula is C16H14FN3O2. The van der Waals surface area contributed by atoms with E-state index in [0.29, 0.717) is 5.75 Å². The minimum atomic E-state index is -0.514. The summed E-state index contributed by atoms with van der Waals surface area (Å²) < 4.78 is 20.3. The van der Waals surface area contributed by atoms with Crippen molar-refractivity contribution in [2.45, 2.75) is 6.54 Å². The predicted molar refractivity (Wildman–Crippen MR) is 81.3 cm³/mol. The number of rotatable bonds is 4. The molecule has 22 heavy (non-hydrogen) atoms. The maximum atomic E-state index is 13.7. The molecule has 0 fully saturated rings. The van der Waals surface area contributed by atoms with Crippen molar-refractivity contribution in [1.29, 1.82) is 0 Å². The van der Waals surface area contributed by atoms with E-state index < -0.39 is 5.82 Å². The van der Waals surface area contributed by atoms with Crippen molar-refractivity contribution in [3.05, 3.63) is 54.5 Å². The lowest BCUT2D eigenvalue weighted by Gasteiger charge is -2.09. The number of nitrogens with zero attached hydrogens (tertiary/aromatic N) is 2. The zero-order chi connectivity index (χ0) is 15.5. The van der Waals surface area contributed by atoms with E-state index in [4.69, 9.17) is 4.74 Å². The monoisotopic (exact) mass is 299 g/mol. The Bertz CT molecular complexity index is 829. The van der Waals surface area contributed by atoms with Gasteiger partial charge < -0.3 is 10.1 Å². The lowest BCUT2D eigenvalue weighted by molar-refractivity contribution is -0.116. The van der Waals surface area contributed by atoms with E-state index >= 15 is 0 Å². The first-order valence-electron chi connectivity index (χ1n) is 6.71. The highest BCUT2D eigenvalue weighted by Gasteiger charge is 2.11. The van der Waals surface area contributed by atoms with Crippen molar-refractivity contribution in [2.24, 2.45) is 0 Å². The first-order chi connectivity index (χ1) is 10.7. The van der Waals surface area contributed by atoms with Gasteiger partial charge in [0, 0.05) is 11.5 Å². The molecule has 0 unspecified atom stereocenters. The average molecular weight is 299 g/mol. The van der Waals surface area contributed by atoms with Gasteiger partial charge in [-0.3, -0.25) is 9.48 Å². The highest BCUT2D eigenvalue weighted by molar-refractivity contribution is 5.92. The summed E-state index contributed by atoms with van der Waals surface area (Å²) in [5.74, 6) is -0.401. The molecule has 0 saturated heterocycles. The van der Waals surface area contributed by atoms with Crippen LogP contribution in [0.3, 0.4) is 0 Å². The number of nitrogens with one attached hydrogen (secondary N) is 1. The zero-order valence-electron chi connectivity index (χ0n) is 11.9. The third-order valence-corrected chi connectivity index (χ3v) is 3.29. The van der Waals surface area contributed by atoms with Crippen LogP contribution >= 0.6 is 0 Å². The van der Waals surface area contributed by atoms with E-state index in [2.05, 4.69) is 10.4 Å². The molecule has 112 valence electrons. The lowest BCUT2D eigenvalue weighted by atomic mass is 10.2. The van der Waals surface area contributed by atoms with Crippen molar-refractivity contribution in [3.8, 4) is 5.75 Å². The molecule has 0 aliphatic carbocycles. The van der Waals surface area contributed by atoms with Gasteiger partial charge in [-0.15, -0.1) is 0 Å². The number of carbonyl (C=O) groups excluding carboxylic acids is 1. The molecule has 0 atom stereocenters. The van der Waals surface area contributed by atoms with E-state index in [1.165, 1.54) is 25.3 Å². The number of amides is 1. The number of halogens is 1. The van der Waals surface area contributed by atoms with Gasteiger partial charge in [0.1, 0.15) is 18.1 Å². The smallest absolute Gasteiger partial charge is 0.246 e. The molecule has 0 saturated carbocycles. The Hall–Kier alpha value is -2.89. The van der Waals surface area contributed by atoms with Crippen LogP contribution in [0.5, 0.6) is 5.75 Å². The van der Waals surface area contributed by atoms with E-state index in [0.717, 1.165) is 10.9 Å². The highest BCUT2D eigenvalue weighted by atomic mass is 19.1. The van der Waals surface area contributed by atoms with Gasteiger partial charge in [-0.25, -0.2) is 4.39 Å². The van der Waals surface area contributed by atoms with Crippen LogP contribution in [0.2, 0.25) is 0 Å². The Balaban J connectivity index is 1.78. The predicted octanol–water partition coefficient (Wildman–Crippen LogP) is 2.82. The number of carbonyl (C=O) groups is 1. The number of fused-ring (bicyclic) bond motifs is 1. The number of hydrogen-bond donors (Lipinski definition) is 1. The lowest BCUT2D eigenvalue weighted by Crippen LogP contribution is -2.20. The van der Waals surface area contributed by atoms with Crippen LogP contribution in [-0.2, 0) is 11.3 Å². The fraction of sp³-hybridized carbons (Fsp3) is 0.125. The molecule has 1 heterocycles. The molecule has 2 aromatic carbocycles. The van der Waals surface area contributed by atoms with Gasteiger partial charge in [0.05, 0.1) is 24.5 Å². The zero-order valence-corrected chi connectivity index (χ0v) is 11.9. The largest absolute Gasteiger partial charge is 0.497 e. The number of ether oxygens (including phenoxy) is 1. The number of aromatic nitrogens is 2. The Morgan fingerprint density at radius 1 is 1.32 bits per heavy atom. The third-order valence-electron chi connectivity index (χ3n) is 3.29. The molecule has 3 rings (SSSR count). The maximum Gasteiger partial charge on any atom is 0.246 e. The highest BCUT2D eigenvalue weighted by Crippen LogP contribution is 2.21. The standard InChI is InChI=1S/C16H14FN3O2/c1-22-12-6-7-13(17)14(8-12)19-16(21)10-20-15-5-3-2-4-11(15)9-18-20/h2-9H,10H2,1H3,(H,19,21). The van der Waals surface area contributed by atoms with Crippen molar-refractivity contribution in [2.75, 3.05) is 12.4 Å². The normalized spacial score (nSPS) is 10.6. The van der Waals surface area contributed by atoms with Crippen LogP contribution in [0.4, 0.5) is 10.1 Å². The van der Waals surface area contributed by atoms with E-state index in [1.807, 2.05) is 24.3 Å². The van der Waals surface area contributed by atoms with Crippen molar-refractivity contribution in [3.63, 3.8) is 0 Å². The summed E-state index contributed by atoms with van der Waals surface area (Å²) in [7, 11) is 1.48. The van der Waals surface area contributed by atoms with Crippen molar-refractivity contribution >= 4 is 22.5 Å². The maximum absolute atomic E-state index is 13.7. The molecule has 1 N–H and O–H groups in total. The summed E-state index contributed by atoms with van der Waals surface area (Å²) >= 11 is 0. The first-order valence-corrected chi connectivity index (χ1v) is 6.71. The van der Waals surface area contributed by atoms with E-state index in [-0.39, 0.29) is 18.1 Å². The summed E-state index contributed by atoms with van der Waals surface area (Å²) in [5.41, 5.74) is 0.935. The van der Waals surface area contributed by atoms with Crippen molar-refractivity contribution < 1.29 is 13.9 Å². The molecule has 0 bridgehead atoms. The van der Waals surface area contributed by atoms with Crippen molar-refractivity contribution in [1.82, 2.24) is 9.78 Å². The molecule has 0 radical (unpaired) electrons. The molecule has 1 amide bonds. The number of para-hydroxylation sites is 1. The number of methoxy groups -OCH3 is 1. The van der Waals surface area contributed by atoms with Crippen LogP contribution < -0.4 is 10.1 Å². The molecule has 6 heteroatoms. The second-order valence-corrected chi connectivity index (χ2v) is 4.75. The first kappa shape index (κ1) is 14.1.